The normalized spacial score (nSPS) is 18.1. The maximum absolute atomic E-state index is 14.7. The van der Waals surface area contributed by atoms with Gasteiger partial charge in [-0.3, -0.25) is 38.2 Å². The van der Waals surface area contributed by atoms with Gasteiger partial charge < -0.3 is 25.3 Å². The van der Waals surface area contributed by atoms with Crippen LogP contribution in [-0.4, -0.2) is 102 Å². The maximum atomic E-state index is 14.7. The number of urea groups is 1. The van der Waals surface area contributed by atoms with Crippen molar-refractivity contribution in [2.24, 2.45) is 14.1 Å². The van der Waals surface area contributed by atoms with Crippen LogP contribution in [0.5, 0.6) is 0 Å². The largest absolute Gasteiger partial charge is 0.383 e. The van der Waals surface area contributed by atoms with Gasteiger partial charge in [-0.1, -0.05) is 6.07 Å². The van der Waals surface area contributed by atoms with Crippen molar-refractivity contribution in [2.75, 3.05) is 50.0 Å². The van der Waals surface area contributed by atoms with Crippen molar-refractivity contribution in [3.8, 4) is 11.1 Å². The second-order valence-corrected chi connectivity index (χ2v) is 17.3. The SMILES string of the molecule is CNC(=O)N1CCc2c(c(N3CCCc4cc(-c5cnn(C)c5)c(C(F)F)cc43)nn2C2CCN(C(=O)CCCCNc3cccc4c3n(C)c(=O)n4C3CCC(=O)NC3=O)CC2)C1. The van der Waals surface area contributed by atoms with Crippen LogP contribution in [0.4, 0.5) is 30.8 Å². The van der Waals surface area contributed by atoms with Crippen LogP contribution < -0.4 is 26.5 Å². The van der Waals surface area contributed by atoms with Crippen molar-refractivity contribution in [3.05, 3.63) is 75.6 Å². The van der Waals surface area contributed by atoms with E-state index in [1.165, 1.54) is 9.13 Å². The summed E-state index contributed by atoms with van der Waals surface area (Å²) < 4.78 is 36.2. The molecule has 2 fully saturated rings. The van der Waals surface area contributed by atoms with E-state index in [0.717, 1.165) is 41.8 Å². The van der Waals surface area contributed by atoms with Crippen molar-refractivity contribution >= 4 is 52.0 Å². The van der Waals surface area contributed by atoms with E-state index < -0.39 is 18.4 Å². The number of para-hydroxylation sites is 1. The Labute approximate surface area is 368 Å². The Morgan fingerprint density at radius 1 is 0.969 bits per heavy atom. The zero-order chi connectivity index (χ0) is 44.8. The summed E-state index contributed by atoms with van der Waals surface area (Å²) in [4.78, 5) is 69.8. The third kappa shape index (κ3) is 7.89. The molecule has 64 heavy (non-hydrogen) atoms. The molecule has 17 nitrogen and oxygen atoms in total. The Bertz CT molecular complexity index is 2690. The fourth-order valence-electron chi connectivity index (χ4n) is 10.1. The molecule has 3 aromatic heterocycles. The molecule has 2 saturated heterocycles. The molecule has 1 atom stereocenters. The van der Waals surface area contributed by atoms with Gasteiger partial charge in [0, 0.05) is 107 Å². The van der Waals surface area contributed by atoms with E-state index in [2.05, 4.69) is 30.6 Å². The van der Waals surface area contributed by atoms with Gasteiger partial charge in [-0.05, 0) is 80.3 Å². The number of unbranched alkanes of at least 4 members (excludes halogenated alkanes) is 1. The Kier molecular flexibility index (Phi) is 11.7. The molecular weight excluding hydrogens is 827 g/mol. The number of hydrogen-bond acceptors (Lipinski definition) is 9. The minimum absolute atomic E-state index is 0.0275. The molecule has 0 bridgehead atoms. The van der Waals surface area contributed by atoms with E-state index in [9.17, 15) is 32.8 Å². The molecule has 4 aliphatic rings. The molecular formula is C45H54F2N12O5. The highest BCUT2D eigenvalue weighted by Gasteiger charge is 2.36. The molecule has 1 unspecified atom stereocenters. The van der Waals surface area contributed by atoms with Crippen LogP contribution in [0.25, 0.3) is 22.2 Å². The summed E-state index contributed by atoms with van der Waals surface area (Å²) in [5.74, 6) is -0.0304. The Morgan fingerprint density at radius 2 is 1.78 bits per heavy atom. The molecule has 0 saturated carbocycles. The maximum Gasteiger partial charge on any atom is 0.329 e. The lowest BCUT2D eigenvalue weighted by Crippen LogP contribution is -2.44. The molecule has 0 aliphatic carbocycles. The summed E-state index contributed by atoms with van der Waals surface area (Å²) in [5, 5.41) is 18.0. The zero-order valence-electron chi connectivity index (χ0n) is 36.4. The lowest BCUT2D eigenvalue weighted by Gasteiger charge is -2.34. The first kappa shape index (κ1) is 42.8. The van der Waals surface area contributed by atoms with Crippen LogP contribution in [0.1, 0.15) is 92.3 Å². The first-order valence-electron chi connectivity index (χ1n) is 22.3. The number of fused-ring (bicyclic) bond motifs is 3. The number of aromatic nitrogens is 6. The number of alkyl halides is 2. The summed E-state index contributed by atoms with van der Waals surface area (Å²) in [6.45, 7) is 3.21. The van der Waals surface area contributed by atoms with E-state index in [4.69, 9.17) is 5.10 Å². The first-order chi connectivity index (χ1) is 30.9. The number of anilines is 3. The number of rotatable bonds is 11. The highest BCUT2D eigenvalue weighted by Crippen LogP contribution is 2.44. The predicted molar refractivity (Wildman–Crippen MR) is 236 cm³/mol. The number of nitrogens with zero attached hydrogens (tertiary/aromatic N) is 9. The third-order valence-electron chi connectivity index (χ3n) is 13.4. The first-order valence-corrected chi connectivity index (χ1v) is 22.3. The van der Waals surface area contributed by atoms with Crippen LogP contribution in [0, 0.1) is 0 Å². The van der Waals surface area contributed by atoms with Crippen molar-refractivity contribution in [3.63, 3.8) is 0 Å². The minimum Gasteiger partial charge on any atom is -0.383 e. The Balaban J connectivity index is 0.858. The second kappa shape index (κ2) is 17.6. The van der Waals surface area contributed by atoms with Gasteiger partial charge in [-0.2, -0.15) is 10.2 Å². The molecule has 338 valence electrons. The van der Waals surface area contributed by atoms with Gasteiger partial charge in [0.1, 0.15) is 6.04 Å². The molecule has 2 aromatic carbocycles. The number of halogens is 2. The molecule has 7 heterocycles. The van der Waals surface area contributed by atoms with Crippen LogP contribution in [0.15, 0.2) is 47.5 Å². The number of imide groups is 1. The van der Waals surface area contributed by atoms with Crippen molar-refractivity contribution in [2.45, 2.75) is 89.3 Å². The van der Waals surface area contributed by atoms with Crippen LogP contribution in [0.3, 0.4) is 0 Å². The van der Waals surface area contributed by atoms with Crippen LogP contribution >= 0.6 is 0 Å². The number of benzene rings is 2. The van der Waals surface area contributed by atoms with E-state index in [1.807, 2.05) is 23.1 Å². The summed E-state index contributed by atoms with van der Waals surface area (Å²) in [5.41, 5.74) is 6.40. The summed E-state index contributed by atoms with van der Waals surface area (Å²) >= 11 is 0. The zero-order valence-corrected chi connectivity index (χ0v) is 36.4. The molecule has 5 amide bonds. The Hall–Kier alpha value is -6.53. The Morgan fingerprint density at radius 3 is 2.52 bits per heavy atom. The van der Waals surface area contributed by atoms with Gasteiger partial charge in [0.15, 0.2) is 5.82 Å². The second-order valence-electron chi connectivity index (χ2n) is 17.3. The van der Waals surface area contributed by atoms with Gasteiger partial charge >= 0.3 is 11.7 Å². The number of carbonyl (C=O) groups is 4. The number of hydrogen-bond donors (Lipinski definition) is 3. The van der Waals surface area contributed by atoms with Gasteiger partial charge in [0.2, 0.25) is 17.7 Å². The number of likely N-dealkylation sites (tertiary alicyclic amines) is 1. The highest BCUT2D eigenvalue weighted by atomic mass is 19.3. The van der Waals surface area contributed by atoms with Crippen molar-refractivity contribution in [1.29, 1.82) is 0 Å². The summed E-state index contributed by atoms with van der Waals surface area (Å²) in [6, 6.07) is 8.09. The number of amides is 5. The third-order valence-corrected chi connectivity index (χ3v) is 13.4. The van der Waals surface area contributed by atoms with Crippen LogP contribution in [-0.2, 0) is 47.9 Å². The van der Waals surface area contributed by atoms with E-state index in [-0.39, 0.29) is 48.0 Å². The minimum atomic E-state index is -2.70. The fourth-order valence-corrected chi connectivity index (χ4v) is 10.1. The van der Waals surface area contributed by atoms with Gasteiger partial charge in [-0.25, -0.2) is 18.4 Å². The number of imidazole rings is 1. The van der Waals surface area contributed by atoms with E-state index >= 15 is 0 Å². The molecule has 5 aromatic rings. The van der Waals surface area contributed by atoms with Crippen LogP contribution in [0.2, 0.25) is 0 Å². The predicted octanol–water partition coefficient (Wildman–Crippen LogP) is 5.08. The standard InChI is InChI=1S/C45H54F2N12O5/c1-48-44(63)56-21-16-34-32(26-56)42(57-18-7-8-27-22-30(28-24-50-53(2)25-28)31(41(46)47)23-37(27)57)52-59(34)29-14-19-55(20-15-29)39(61)11-4-5-17-49-33-9-6-10-35-40(33)54(3)45(64)58(35)36-12-13-38(60)51-43(36)62/h6,9-10,22-25,29,36,41,49H,4-5,7-8,11-21,26H2,1-3H3,(H,48,63)(H,51,60,62). The quantitative estimate of drug-likeness (QED) is 0.121. The average molecular weight is 881 g/mol. The van der Waals surface area contributed by atoms with Gasteiger partial charge in [0.05, 0.1) is 35.5 Å². The summed E-state index contributed by atoms with van der Waals surface area (Å²) in [6.07, 6.45) is 6.45. The number of piperidine rings is 2. The molecule has 4 aliphatic heterocycles. The lowest BCUT2D eigenvalue weighted by molar-refractivity contribution is -0.136. The number of aryl methyl sites for hydroxylation is 3. The van der Waals surface area contributed by atoms with Gasteiger partial charge in [0.25, 0.3) is 6.43 Å². The average Bonchev–Trinajstić information content (AvgIpc) is 3.98. The van der Waals surface area contributed by atoms with Gasteiger partial charge in [-0.15, -0.1) is 0 Å². The fraction of sp³-hybridized carbons (Fsp3) is 0.489. The lowest BCUT2D eigenvalue weighted by atomic mass is 9.92. The van der Waals surface area contributed by atoms with E-state index in [1.54, 1.807) is 55.3 Å². The van der Waals surface area contributed by atoms with Crippen molar-refractivity contribution < 1.29 is 28.0 Å². The molecule has 19 heteroatoms. The monoisotopic (exact) mass is 880 g/mol. The number of nitrogens with one attached hydrogen (secondary N) is 3. The topological polar surface area (TPSA) is 177 Å². The number of carbonyl (C=O) groups excluding carboxylic acids is 4. The van der Waals surface area contributed by atoms with E-state index in [0.29, 0.717) is 105 Å². The molecule has 9 rings (SSSR count). The summed E-state index contributed by atoms with van der Waals surface area (Å²) in [7, 11) is 5.05. The molecule has 0 spiro atoms. The molecule has 3 N–H and O–H groups in total. The highest BCUT2D eigenvalue weighted by molar-refractivity contribution is 6.00. The van der Waals surface area contributed by atoms with Crippen molar-refractivity contribution in [1.82, 2.24) is 49.1 Å². The smallest absolute Gasteiger partial charge is 0.329 e. The molecule has 0 radical (unpaired) electrons.